The average molecular weight is 459 g/mol. The first kappa shape index (κ1) is 21.5. The fourth-order valence-electron chi connectivity index (χ4n) is 4.68. The largest absolute Gasteiger partial charge is 0.450 e. The maximum Gasteiger partial charge on any atom is 0.450 e. The van der Waals surface area contributed by atoms with E-state index >= 15 is 0 Å². The van der Waals surface area contributed by atoms with Crippen LogP contribution in [0.1, 0.15) is 18.2 Å². The van der Waals surface area contributed by atoms with Crippen molar-refractivity contribution in [3.8, 4) is 0 Å². The number of aliphatic hydroxyl groups excluding tert-OH is 2. The van der Waals surface area contributed by atoms with Crippen LogP contribution in [0.5, 0.6) is 0 Å². The monoisotopic (exact) mass is 459 g/mol. The number of pyridine rings is 1. The van der Waals surface area contributed by atoms with Gasteiger partial charge >= 0.3 is 6.18 Å². The van der Waals surface area contributed by atoms with E-state index in [-0.39, 0.29) is 11.6 Å². The third kappa shape index (κ3) is 3.76. The number of fused-ring (bicyclic) bond motifs is 2. The third-order valence-corrected chi connectivity index (χ3v) is 6.37. The first-order valence-corrected chi connectivity index (χ1v) is 10.4. The van der Waals surface area contributed by atoms with Gasteiger partial charge in [0.1, 0.15) is 18.1 Å². The van der Waals surface area contributed by atoms with Gasteiger partial charge < -0.3 is 19.3 Å². The second-order valence-corrected chi connectivity index (χ2v) is 8.33. The van der Waals surface area contributed by atoms with Gasteiger partial charge in [-0.1, -0.05) is 0 Å². The molecule has 0 amide bonds. The normalized spacial score (nSPS) is 23.5. The predicted molar refractivity (Wildman–Crippen MR) is 111 cm³/mol. The van der Waals surface area contributed by atoms with Crippen LogP contribution in [0, 0.1) is 5.92 Å². The Balaban J connectivity index is 1.42. The van der Waals surface area contributed by atoms with Crippen LogP contribution in [0.3, 0.4) is 0 Å². The summed E-state index contributed by atoms with van der Waals surface area (Å²) in [7, 11) is 0. The Labute approximate surface area is 185 Å². The van der Waals surface area contributed by atoms with E-state index in [0.29, 0.717) is 24.0 Å². The van der Waals surface area contributed by atoms with E-state index in [0.717, 1.165) is 17.2 Å². The first-order valence-electron chi connectivity index (χ1n) is 10.4. The van der Waals surface area contributed by atoms with Gasteiger partial charge in [0.2, 0.25) is 5.78 Å². The molecule has 1 aliphatic carbocycles. The number of carbonyl (C=O) groups excluding carboxylic acids is 1. The molecule has 1 saturated carbocycles. The molecule has 2 N–H and O–H groups in total. The Hall–Kier alpha value is -3.31. The summed E-state index contributed by atoms with van der Waals surface area (Å²) in [4.78, 5) is 23.6. The molecule has 0 unspecified atom stereocenters. The number of ketones is 1. The van der Waals surface area contributed by atoms with Gasteiger partial charge in [0.15, 0.2) is 0 Å². The van der Waals surface area contributed by atoms with Gasteiger partial charge in [-0.05, 0) is 24.6 Å². The van der Waals surface area contributed by atoms with Crippen molar-refractivity contribution in [2.45, 2.75) is 43.8 Å². The maximum absolute atomic E-state index is 12.7. The molecule has 172 valence electrons. The van der Waals surface area contributed by atoms with E-state index < -0.39 is 36.6 Å². The van der Waals surface area contributed by atoms with Crippen molar-refractivity contribution in [1.29, 1.82) is 0 Å². The number of carbonyl (C=O) groups is 1. The van der Waals surface area contributed by atoms with Crippen LogP contribution >= 0.6 is 0 Å². The molecule has 33 heavy (non-hydrogen) atoms. The molecular weight excluding hydrogens is 439 g/mol. The van der Waals surface area contributed by atoms with Crippen LogP contribution in [0.4, 0.5) is 13.2 Å². The van der Waals surface area contributed by atoms with Gasteiger partial charge in [-0.25, -0.2) is 9.97 Å². The summed E-state index contributed by atoms with van der Waals surface area (Å²) >= 11 is 0. The van der Waals surface area contributed by atoms with E-state index in [1.165, 1.54) is 6.07 Å². The lowest BCUT2D eigenvalue weighted by Crippen LogP contribution is -2.30. The van der Waals surface area contributed by atoms with E-state index in [9.17, 15) is 28.2 Å². The zero-order chi connectivity index (χ0) is 23.3. The SMILES string of the molecule is O=C(Cc1ncnc2c1ccn2[C@@H]1C[C@H](Cn2ccc3ccncc32)[C@@H](O)[C@H]1O)C(F)(F)F. The van der Waals surface area contributed by atoms with Crippen molar-refractivity contribution >= 4 is 27.7 Å². The van der Waals surface area contributed by atoms with Gasteiger partial charge in [-0.15, -0.1) is 0 Å². The maximum atomic E-state index is 12.7. The fraction of sp³-hybridized carbons (Fsp3) is 0.364. The van der Waals surface area contributed by atoms with Crippen LogP contribution in [0.15, 0.2) is 49.3 Å². The Bertz CT molecular complexity index is 1330. The second kappa shape index (κ2) is 7.92. The number of Topliss-reactive ketones (excluding diaryl/α,β-unsaturated/α-hetero) is 1. The van der Waals surface area contributed by atoms with Crippen molar-refractivity contribution in [2.24, 2.45) is 5.92 Å². The van der Waals surface area contributed by atoms with Gasteiger partial charge in [-0.2, -0.15) is 13.2 Å². The number of aliphatic hydroxyl groups is 2. The molecule has 1 fully saturated rings. The highest BCUT2D eigenvalue weighted by Crippen LogP contribution is 2.39. The lowest BCUT2D eigenvalue weighted by Gasteiger charge is -2.19. The van der Waals surface area contributed by atoms with Crippen LogP contribution in [0.2, 0.25) is 0 Å². The number of nitrogens with zero attached hydrogens (tertiary/aromatic N) is 5. The molecule has 11 heteroatoms. The molecule has 4 atom stereocenters. The number of alkyl halides is 3. The molecule has 4 heterocycles. The average Bonchev–Trinajstić information content (AvgIpc) is 3.46. The lowest BCUT2D eigenvalue weighted by atomic mass is 10.1. The number of hydrogen-bond donors (Lipinski definition) is 2. The number of halogens is 3. The van der Waals surface area contributed by atoms with Crippen molar-refractivity contribution in [1.82, 2.24) is 24.1 Å². The van der Waals surface area contributed by atoms with Gasteiger partial charge in [-0.3, -0.25) is 9.78 Å². The smallest absolute Gasteiger partial charge is 0.390 e. The molecule has 8 nitrogen and oxygen atoms in total. The van der Waals surface area contributed by atoms with Gasteiger partial charge in [0.25, 0.3) is 0 Å². The summed E-state index contributed by atoms with van der Waals surface area (Å²) < 4.78 is 41.7. The minimum Gasteiger partial charge on any atom is -0.390 e. The van der Waals surface area contributed by atoms with Crippen molar-refractivity contribution in [3.63, 3.8) is 0 Å². The lowest BCUT2D eigenvalue weighted by molar-refractivity contribution is -0.170. The Morgan fingerprint density at radius 2 is 1.94 bits per heavy atom. The van der Waals surface area contributed by atoms with E-state index in [1.54, 1.807) is 23.2 Å². The van der Waals surface area contributed by atoms with Crippen LogP contribution < -0.4 is 0 Å². The summed E-state index contributed by atoms with van der Waals surface area (Å²) in [5.74, 6) is -2.16. The van der Waals surface area contributed by atoms with Gasteiger partial charge in [0, 0.05) is 41.8 Å². The van der Waals surface area contributed by atoms with Gasteiger partial charge in [0.05, 0.1) is 36.0 Å². The molecule has 0 aliphatic heterocycles. The number of hydrogen-bond acceptors (Lipinski definition) is 6. The first-order chi connectivity index (χ1) is 15.7. The highest BCUT2D eigenvalue weighted by atomic mass is 19.4. The molecule has 0 radical (unpaired) electrons. The van der Waals surface area contributed by atoms with E-state index in [4.69, 9.17) is 0 Å². The Kier molecular flexibility index (Phi) is 5.17. The molecule has 5 rings (SSSR count). The summed E-state index contributed by atoms with van der Waals surface area (Å²) in [5, 5.41) is 22.8. The molecular formula is C22H20F3N5O3. The molecule has 0 bridgehead atoms. The number of aromatic nitrogens is 5. The highest BCUT2D eigenvalue weighted by Gasteiger charge is 2.43. The topological polar surface area (TPSA) is 106 Å². The van der Waals surface area contributed by atoms with Crippen molar-refractivity contribution in [3.05, 3.63) is 55.0 Å². The zero-order valence-electron chi connectivity index (χ0n) is 17.2. The molecule has 4 aromatic rings. The quantitative estimate of drug-likeness (QED) is 0.475. The summed E-state index contributed by atoms with van der Waals surface area (Å²) in [6.45, 7) is 0.462. The standard InChI is InChI=1S/C22H20F3N5O3/c23-22(24,25)18(31)8-15-14-3-6-30(21(14)28-11-27-15)16-7-13(19(32)20(16)33)10-29-5-2-12-1-4-26-9-17(12)29/h1-6,9,11,13,16,19-20,32-33H,7-8,10H2/t13-,16-,19-,20+/m1/s1. The van der Waals surface area contributed by atoms with Crippen LogP contribution in [-0.4, -0.2) is 58.5 Å². The molecule has 0 saturated heterocycles. The van der Waals surface area contributed by atoms with Crippen molar-refractivity contribution in [2.75, 3.05) is 0 Å². The summed E-state index contributed by atoms with van der Waals surface area (Å²) in [6, 6.07) is 4.84. The van der Waals surface area contributed by atoms with Crippen LogP contribution in [-0.2, 0) is 17.8 Å². The minimum absolute atomic E-state index is 0.0306. The van der Waals surface area contributed by atoms with E-state index in [2.05, 4.69) is 15.0 Å². The summed E-state index contributed by atoms with van der Waals surface area (Å²) in [6.07, 6.45) is 0.530. The predicted octanol–water partition coefficient (Wildman–Crippen LogP) is 2.44. The highest BCUT2D eigenvalue weighted by molar-refractivity contribution is 5.90. The number of rotatable bonds is 5. The fourth-order valence-corrected chi connectivity index (χ4v) is 4.68. The van der Waals surface area contributed by atoms with E-state index in [1.807, 2.05) is 22.9 Å². The summed E-state index contributed by atoms with van der Waals surface area (Å²) in [5.41, 5.74) is 1.19. The molecule has 0 spiro atoms. The van der Waals surface area contributed by atoms with Crippen LogP contribution in [0.25, 0.3) is 21.9 Å². The third-order valence-electron chi connectivity index (χ3n) is 6.37. The second-order valence-electron chi connectivity index (χ2n) is 8.33. The molecule has 1 aliphatic rings. The molecule has 4 aromatic heterocycles. The molecule has 0 aromatic carbocycles. The van der Waals surface area contributed by atoms with Crippen molar-refractivity contribution < 1.29 is 28.2 Å². The zero-order valence-corrected chi connectivity index (χ0v) is 17.2. The minimum atomic E-state index is -4.95. The Morgan fingerprint density at radius 3 is 2.73 bits per heavy atom. The Morgan fingerprint density at radius 1 is 1.12 bits per heavy atom.